The Labute approximate surface area is 101 Å². The average Bonchev–Trinajstić information content (AvgIpc) is 2.28. The highest BCUT2D eigenvalue weighted by atomic mass is 35.5. The van der Waals surface area contributed by atoms with Crippen molar-refractivity contribution in [1.82, 2.24) is 0 Å². The second-order valence-corrected chi connectivity index (χ2v) is 5.62. The first kappa shape index (κ1) is 11.6. The van der Waals surface area contributed by atoms with Crippen LogP contribution in [-0.2, 0) is 9.53 Å². The van der Waals surface area contributed by atoms with Crippen LogP contribution in [0.25, 0.3) is 6.08 Å². The van der Waals surface area contributed by atoms with Crippen molar-refractivity contribution in [3.8, 4) is 0 Å². The minimum Gasteiger partial charge on any atom is -0.463 e. The van der Waals surface area contributed by atoms with Gasteiger partial charge in [-0.05, 0) is 23.9 Å². The molecule has 1 aliphatic heterocycles. The molecule has 1 aromatic carbocycles. The summed E-state index contributed by atoms with van der Waals surface area (Å²) in [5, 5.41) is 0.949. The van der Waals surface area contributed by atoms with Gasteiger partial charge in [0.15, 0.2) is 0 Å². The van der Waals surface area contributed by atoms with E-state index in [1.54, 1.807) is 6.92 Å². The molecule has 0 radical (unpaired) electrons. The van der Waals surface area contributed by atoms with Gasteiger partial charge in [-0.15, -0.1) is 11.6 Å². The van der Waals surface area contributed by atoms with Gasteiger partial charge in [0.2, 0.25) is 0 Å². The molecule has 2 nitrogen and oxygen atoms in total. The Bertz CT molecular complexity index is 442. The molecule has 0 saturated heterocycles. The maximum absolute atomic E-state index is 11.6. The Morgan fingerprint density at radius 2 is 2.25 bits per heavy atom. The van der Waals surface area contributed by atoms with Gasteiger partial charge in [-0.2, -0.15) is 0 Å². The van der Waals surface area contributed by atoms with Crippen LogP contribution in [0, 0.1) is 0 Å². The van der Waals surface area contributed by atoms with Crippen molar-refractivity contribution in [3.63, 3.8) is 0 Å². The number of hydrogen-bond acceptors (Lipinski definition) is 2. The van der Waals surface area contributed by atoms with E-state index in [1.165, 1.54) is 5.30 Å². The Kier molecular flexibility index (Phi) is 3.63. The summed E-state index contributed by atoms with van der Waals surface area (Å²) in [6.45, 7) is 2.17. The first-order valence-corrected chi connectivity index (χ1v) is 6.62. The zero-order chi connectivity index (χ0) is 11.5. The normalized spacial score (nSPS) is 20.1. The van der Waals surface area contributed by atoms with Crippen LogP contribution in [0.4, 0.5) is 0 Å². The number of ether oxygens (including phenoxy) is 1. The number of carbonyl (C=O) groups is 1. The Hall–Kier alpha value is -0.850. The molecule has 2 rings (SSSR count). The Morgan fingerprint density at radius 1 is 1.50 bits per heavy atom. The number of hydrogen-bond donors (Lipinski definition) is 0. The topological polar surface area (TPSA) is 26.3 Å². The fraction of sp³-hybridized carbons (Fsp3) is 0.250. The Morgan fingerprint density at radius 3 is 3.00 bits per heavy atom. The lowest BCUT2D eigenvalue weighted by molar-refractivity contribution is -0.138. The fourth-order valence-corrected chi connectivity index (χ4v) is 3.24. The third kappa shape index (κ3) is 2.28. The summed E-state index contributed by atoms with van der Waals surface area (Å²) in [5.74, 6) is -0.301. The third-order valence-corrected chi connectivity index (χ3v) is 4.23. The number of esters is 1. The second kappa shape index (κ2) is 4.99. The van der Waals surface area contributed by atoms with Gasteiger partial charge in [-0.3, -0.25) is 0 Å². The van der Waals surface area contributed by atoms with E-state index in [-0.39, 0.29) is 11.1 Å². The highest BCUT2D eigenvalue weighted by Crippen LogP contribution is 2.35. The van der Waals surface area contributed by atoms with Crippen LogP contribution in [0.2, 0.25) is 0 Å². The van der Waals surface area contributed by atoms with Gasteiger partial charge in [-0.1, -0.05) is 32.8 Å². The van der Waals surface area contributed by atoms with E-state index < -0.39 is 0 Å². The molecule has 2 unspecified atom stereocenters. The number of fused-ring (bicyclic) bond motifs is 1. The lowest BCUT2D eigenvalue weighted by Crippen LogP contribution is -2.19. The highest BCUT2D eigenvalue weighted by molar-refractivity contribution is 7.50. The summed E-state index contributed by atoms with van der Waals surface area (Å²) in [5.41, 5.74) is 1.64. The molecule has 0 N–H and O–H groups in total. The van der Waals surface area contributed by atoms with Crippen LogP contribution in [0.15, 0.2) is 29.8 Å². The zero-order valence-corrected chi connectivity index (χ0v) is 10.6. The summed E-state index contributed by atoms with van der Waals surface area (Å²) >= 11 is 6.18. The van der Waals surface area contributed by atoms with Crippen molar-refractivity contribution < 1.29 is 9.53 Å². The molecule has 2 atom stereocenters. The fourth-order valence-electron chi connectivity index (χ4n) is 1.59. The Balaban J connectivity index is 2.33. The van der Waals surface area contributed by atoms with Gasteiger partial charge in [0.25, 0.3) is 0 Å². The SMILES string of the molecule is CCOC(=O)C1=Cc2ccccc2PC1Cl. The van der Waals surface area contributed by atoms with E-state index in [1.807, 2.05) is 30.3 Å². The van der Waals surface area contributed by atoms with Crippen LogP contribution >= 0.6 is 20.2 Å². The van der Waals surface area contributed by atoms with Crippen molar-refractivity contribution in [1.29, 1.82) is 0 Å². The highest BCUT2D eigenvalue weighted by Gasteiger charge is 2.25. The van der Waals surface area contributed by atoms with Crippen molar-refractivity contribution in [2.24, 2.45) is 0 Å². The first-order chi connectivity index (χ1) is 7.72. The number of carbonyl (C=O) groups excluding carboxylic acids is 1. The van der Waals surface area contributed by atoms with Crippen LogP contribution in [0.5, 0.6) is 0 Å². The molecule has 16 heavy (non-hydrogen) atoms. The number of benzene rings is 1. The number of halogens is 1. The molecular formula is C12H12ClO2P. The minimum absolute atomic E-state index is 0.256. The predicted molar refractivity (Wildman–Crippen MR) is 68.6 cm³/mol. The largest absolute Gasteiger partial charge is 0.463 e. The summed E-state index contributed by atoms with van der Waals surface area (Å²) in [4.78, 5) is 11.6. The maximum Gasteiger partial charge on any atom is 0.335 e. The van der Waals surface area contributed by atoms with Gasteiger partial charge in [0.1, 0.15) is 0 Å². The standard InChI is InChI=1S/C12H12ClO2P/c1-2-15-12(14)9-7-8-5-3-4-6-10(8)16-11(9)13/h3-7,11,16H,2H2,1H3. The summed E-state index contributed by atoms with van der Waals surface area (Å²) in [6.07, 6.45) is 1.83. The lowest BCUT2D eigenvalue weighted by atomic mass is 10.1. The van der Waals surface area contributed by atoms with E-state index in [2.05, 4.69) is 0 Å². The molecule has 0 bridgehead atoms. The van der Waals surface area contributed by atoms with Crippen LogP contribution in [-0.4, -0.2) is 17.7 Å². The molecule has 0 saturated carbocycles. The van der Waals surface area contributed by atoms with Gasteiger partial charge in [0, 0.05) is 0 Å². The van der Waals surface area contributed by atoms with Crippen LogP contribution in [0.1, 0.15) is 12.5 Å². The second-order valence-electron chi connectivity index (χ2n) is 3.41. The molecule has 1 aliphatic rings. The maximum atomic E-state index is 11.6. The zero-order valence-electron chi connectivity index (χ0n) is 8.87. The molecule has 1 aromatic rings. The van der Waals surface area contributed by atoms with Crippen molar-refractivity contribution in [2.75, 3.05) is 6.61 Å². The van der Waals surface area contributed by atoms with E-state index in [0.29, 0.717) is 20.8 Å². The van der Waals surface area contributed by atoms with Gasteiger partial charge in [0.05, 0.1) is 17.3 Å². The molecule has 0 aromatic heterocycles. The predicted octanol–water partition coefficient (Wildman–Crippen LogP) is 2.52. The van der Waals surface area contributed by atoms with Gasteiger partial charge in [-0.25, -0.2) is 4.79 Å². The molecule has 4 heteroatoms. The van der Waals surface area contributed by atoms with Gasteiger partial charge < -0.3 is 4.74 Å². The quantitative estimate of drug-likeness (QED) is 0.461. The smallest absolute Gasteiger partial charge is 0.335 e. The van der Waals surface area contributed by atoms with Crippen LogP contribution < -0.4 is 5.30 Å². The number of rotatable bonds is 2. The van der Waals surface area contributed by atoms with E-state index in [4.69, 9.17) is 16.3 Å². The average molecular weight is 255 g/mol. The van der Waals surface area contributed by atoms with E-state index >= 15 is 0 Å². The van der Waals surface area contributed by atoms with E-state index in [9.17, 15) is 4.79 Å². The van der Waals surface area contributed by atoms with Crippen molar-refractivity contribution >= 4 is 37.5 Å². The molecule has 0 spiro atoms. The van der Waals surface area contributed by atoms with E-state index in [0.717, 1.165) is 5.56 Å². The summed E-state index contributed by atoms with van der Waals surface area (Å²) < 4.78 is 4.98. The molecule has 0 aliphatic carbocycles. The van der Waals surface area contributed by atoms with Gasteiger partial charge >= 0.3 is 5.97 Å². The van der Waals surface area contributed by atoms with Crippen molar-refractivity contribution in [2.45, 2.75) is 12.0 Å². The monoisotopic (exact) mass is 254 g/mol. The molecule has 84 valence electrons. The lowest BCUT2D eigenvalue weighted by Gasteiger charge is -2.20. The molecule has 0 amide bonds. The van der Waals surface area contributed by atoms with Crippen molar-refractivity contribution in [3.05, 3.63) is 35.4 Å². The van der Waals surface area contributed by atoms with Crippen LogP contribution in [0.3, 0.4) is 0 Å². The molecular weight excluding hydrogens is 243 g/mol. The summed E-state index contributed by atoms with van der Waals surface area (Å²) in [6, 6.07) is 7.97. The summed E-state index contributed by atoms with van der Waals surface area (Å²) in [7, 11) is 0.420. The third-order valence-electron chi connectivity index (χ3n) is 2.34. The number of alkyl halides is 1. The molecule has 0 fully saturated rings. The molecule has 1 heterocycles. The first-order valence-electron chi connectivity index (χ1n) is 5.10. The minimum atomic E-state index is -0.301.